The monoisotopic (exact) mass is 445 g/mol. The van der Waals surface area contributed by atoms with E-state index in [0.29, 0.717) is 21.4 Å². The number of benzene rings is 2. The van der Waals surface area contributed by atoms with Gasteiger partial charge in [0.25, 0.3) is 0 Å². The SMILES string of the molecule is CCOP(=O)(OCC)C(Nc1ccc(CC)cc1)c1cc(Cl)cc(Cl)c1OC. The highest BCUT2D eigenvalue weighted by Gasteiger charge is 2.39. The summed E-state index contributed by atoms with van der Waals surface area (Å²) in [4.78, 5) is 0. The summed E-state index contributed by atoms with van der Waals surface area (Å²) in [7, 11) is -2.13. The van der Waals surface area contributed by atoms with Gasteiger partial charge in [0.05, 0.1) is 25.3 Å². The summed E-state index contributed by atoms with van der Waals surface area (Å²) in [5, 5.41) is 3.99. The minimum atomic E-state index is -3.62. The second-order valence-corrected chi connectivity index (χ2v) is 8.94. The third-order valence-corrected chi connectivity index (χ3v) is 6.91. The zero-order valence-electron chi connectivity index (χ0n) is 16.5. The number of nitrogens with one attached hydrogen (secondary N) is 1. The van der Waals surface area contributed by atoms with Gasteiger partial charge in [-0.1, -0.05) is 42.3 Å². The zero-order valence-corrected chi connectivity index (χ0v) is 18.9. The quantitative estimate of drug-likeness (QED) is 0.401. The lowest BCUT2D eigenvalue weighted by atomic mass is 10.1. The molecule has 0 heterocycles. The molecule has 0 amide bonds. The van der Waals surface area contributed by atoms with Gasteiger partial charge in [-0.3, -0.25) is 4.57 Å². The maximum atomic E-state index is 13.7. The van der Waals surface area contributed by atoms with E-state index in [1.165, 1.54) is 12.7 Å². The van der Waals surface area contributed by atoms with Crippen LogP contribution in [0.3, 0.4) is 0 Å². The molecule has 0 saturated heterocycles. The Bertz CT molecular complexity index is 820. The minimum Gasteiger partial charge on any atom is -0.495 e. The Morgan fingerprint density at radius 2 is 1.64 bits per heavy atom. The highest BCUT2D eigenvalue weighted by atomic mass is 35.5. The van der Waals surface area contributed by atoms with Crippen LogP contribution in [0.1, 0.15) is 37.7 Å². The lowest BCUT2D eigenvalue weighted by Crippen LogP contribution is -2.16. The number of methoxy groups -OCH3 is 1. The summed E-state index contributed by atoms with van der Waals surface area (Å²) in [6.07, 6.45) is 0.928. The van der Waals surface area contributed by atoms with Crippen LogP contribution in [0.5, 0.6) is 5.75 Å². The second kappa shape index (κ2) is 10.5. The van der Waals surface area contributed by atoms with Crippen molar-refractivity contribution < 1.29 is 18.3 Å². The number of aryl methyl sites for hydroxylation is 1. The molecule has 2 rings (SSSR count). The number of ether oxygens (including phenoxy) is 1. The molecular formula is C20H26Cl2NO4P. The van der Waals surface area contributed by atoms with Crippen molar-refractivity contribution in [3.63, 3.8) is 0 Å². The Balaban J connectivity index is 2.59. The van der Waals surface area contributed by atoms with Gasteiger partial charge < -0.3 is 19.1 Å². The Labute approximate surface area is 176 Å². The first kappa shape index (κ1) is 23.1. The molecule has 0 aliphatic heterocycles. The largest absolute Gasteiger partial charge is 0.495 e. The molecule has 0 aliphatic carbocycles. The van der Waals surface area contributed by atoms with E-state index < -0.39 is 13.4 Å². The highest BCUT2D eigenvalue weighted by Crippen LogP contribution is 2.62. The van der Waals surface area contributed by atoms with Crippen LogP contribution < -0.4 is 10.1 Å². The van der Waals surface area contributed by atoms with Crippen LogP contribution >= 0.6 is 30.8 Å². The summed E-state index contributed by atoms with van der Waals surface area (Å²) in [6, 6.07) is 11.1. The van der Waals surface area contributed by atoms with Crippen molar-refractivity contribution in [2.24, 2.45) is 0 Å². The highest BCUT2D eigenvalue weighted by molar-refractivity contribution is 7.54. The lowest BCUT2D eigenvalue weighted by molar-refractivity contribution is 0.213. The van der Waals surface area contributed by atoms with Gasteiger partial charge in [0, 0.05) is 16.3 Å². The van der Waals surface area contributed by atoms with Gasteiger partial charge >= 0.3 is 7.60 Å². The van der Waals surface area contributed by atoms with Crippen molar-refractivity contribution in [2.45, 2.75) is 33.0 Å². The third kappa shape index (κ3) is 5.43. The number of hydrogen-bond donors (Lipinski definition) is 1. The molecule has 5 nitrogen and oxygen atoms in total. The first-order valence-corrected chi connectivity index (χ1v) is 11.5. The average Bonchev–Trinajstić information content (AvgIpc) is 2.66. The molecule has 0 radical (unpaired) electrons. The summed E-state index contributed by atoms with van der Waals surface area (Å²) in [6.45, 7) is 6.06. The normalized spacial score (nSPS) is 12.6. The molecule has 0 spiro atoms. The van der Waals surface area contributed by atoms with Crippen LogP contribution in [0.4, 0.5) is 5.69 Å². The van der Waals surface area contributed by atoms with Crippen molar-refractivity contribution in [2.75, 3.05) is 25.6 Å². The molecule has 28 heavy (non-hydrogen) atoms. The molecule has 0 saturated carbocycles. The molecule has 1 N–H and O–H groups in total. The van der Waals surface area contributed by atoms with E-state index >= 15 is 0 Å². The van der Waals surface area contributed by atoms with Gasteiger partial charge in [-0.15, -0.1) is 0 Å². The van der Waals surface area contributed by atoms with Crippen molar-refractivity contribution in [3.05, 3.63) is 57.6 Å². The van der Waals surface area contributed by atoms with Crippen LogP contribution in [0.2, 0.25) is 10.0 Å². The van der Waals surface area contributed by atoms with Crippen LogP contribution in [-0.2, 0) is 20.0 Å². The molecule has 0 aromatic heterocycles. The van der Waals surface area contributed by atoms with E-state index in [0.717, 1.165) is 12.1 Å². The maximum Gasteiger partial charge on any atom is 0.357 e. The van der Waals surface area contributed by atoms with Gasteiger partial charge in [-0.25, -0.2) is 0 Å². The predicted octanol–water partition coefficient (Wildman–Crippen LogP) is 6.94. The second-order valence-electron chi connectivity index (χ2n) is 5.98. The lowest BCUT2D eigenvalue weighted by Gasteiger charge is -2.29. The smallest absolute Gasteiger partial charge is 0.357 e. The van der Waals surface area contributed by atoms with E-state index in [-0.39, 0.29) is 13.2 Å². The Morgan fingerprint density at radius 1 is 1.04 bits per heavy atom. The fraction of sp³-hybridized carbons (Fsp3) is 0.400. The zero-order chi connectivity index (χ0) is 20.7. The van der Waals surface area contributed by atoms with Crippen LogP contribution in [0.25, 0.3) is 0 Å². The molecule has 1 unspecified atom stereocenters. The molecule has 8 heteroatoms. The van der Waals surface area contributed by atoms with Gasteiger partial charge in [0.15, 0.2) is 5.78 Å². The number of halogens is 2. The Kier molecular flexibility index (Phi) is 8.66. The minimum absolute atomic E-state index is 0.223. The standard InChI is InChI=1S/C20H26Cl2NO4P/c1-5-14-8-10-16(11-9-14)23-20(28(24,26-6-2)27-7-3)17-12-15(21)13-18(22)19(17)25-4/h8-13,20,23H,5-7H2,1-4H3. The fourth-order valence-corrected chi connectivity index (χ4v) is 5.39. The van der Waals surface area contributed by atoms with E-state index in [4.69, 9.17) is 37.0 Å². The van der Waals surface area contributed by atoms with Crippen molar-refractivity contribution in [3.8, 4) is 5.75 Å². The summed E-state index contributed by atoms with van der Waals surface area (Å²) in [5.41, 5.74) is 2.47. The van der Waals surface area contributed by atoms with Gasteiger partial charge in [0.2, 0.25) is 0 Å². The van der Waals surface area contributed by atoms with E-state index in [9.17, 15) is 4.57 Å². The van der Waals surface area contributed by atoms with E-state index in [1.54, 1.807) is 26.0 Å². The van der Waals surface area contributed by atoms with Crippen LogP contribution in [0.15, 0.2) is 36.4 Å². The fourth-order valence-electron chi connectivity index (χ4n) is 2.87. The number of hydrogen-bond acceptors (Lipinski definition) is 5. The van der Waals surface area contributed by atoms with Gasteiger partial charge in [-0.2, -0.15) is 0 Å². The topological polar surface area (TPSA) is 56.8 Å². The molecule has 0 bridgehead atoms. The predicted molar refractivity (Wildman–Crippen MR) is 116 cm³/mol. The number of anilines is 1. The molecule has 2 aromatic rings. The van der Waals surface area contributed by atoms with Gasteiger partial charge in [-0.05, 0) is 50.1 Å². The van der Waals surface area contributed by atoms with Crippen molar-refractivity contribution in [1.82, 2.24) is 0 Å². The molecular weight excluding hydrogens is 420 g/mol. The van der Waals surface area contributed by atoms with Crippen LogP contribution in [-0.4, -0.2) is 20.3 Å². The maximum absolute atomic E-state index is 13.7. The summed E-state index contributed by atoms with van der Waals surface area (Å²) < 4.78 is 30.4. The Hall–Kier alpha value is -1.23. The molecule has 0 fully saturated rings. The molecule has 0 aliphatic rings. The first-order chi connectivity index (χ1) is 13.4. The van der Waals surface area contributed by atoms with E-state index in [2.05, 4.69) is 12.2 Å². The first-order valence-electron chi connectivity index (χ1n) is 9.15. The number of rotatable bonds is 10. The Morgan fingerprint density at radius 3 is 2.14 bits per heavy atom. The molecule has 1 atom stereocenters. The average molecular weight is 446 g/mol. The summed E-state index contributed by atoms with van der Waals surface area (Å²) >= 11 is 12.5. The van der Waals surface area contributed by atoms with Gasteiger partial charge in [0.1, 0.15) is 5.75 Å². The molecule has 2 aromatic carbocycles. The van der Waals surface area contributed by atoms with Crippen LogP contribution in [0, 0.1) is 0 Å². The summed E-state index contributed by atoms with van der Waals surface area (Å²) in [5.74, 6) is -0.487. The van der Waals surface area contributed by atoms with Crippen molar-refractivity contribution >= 4 is 36.5 Å². The van der Waals surface area contributed by atoms with E-state index in [1.807, 2.05) is 24.3 Å². The third-order valence-electron chi connectivity index (χ3n) is 4.14. The van der Waals surface area contributed by atoms with Crippen molar-refractivity contribution in [1.29, 1.82) is 0 Å². The molecule has 154 valence electrons.